The molecule has 4 heterocycles. The molecular formula is C20H20N6O3S. The Morgan fingerprint density at radius 2 is 2.03 bits per heavy atom. The molecular weight excluding hydrogens is 404 g/mol. The molecule has 0 saturated carbocycles. The smallest absolute Gasteiger partial charge is 0.332 e. The number of carbonyl (C=O) groups is 1. The van der Waals surface area contributed by atoms with Crippen LogP contribution in [0.15, 0.2) is 40.2 Å². The molecule has 0 N–H and O–H groups in total. The molecule has 1 fully saturated rings. The number of rotatable bonds is 3. The molecule has 0 radical (unpaired) electrons. The van der Waals surface area contributed by atoms with E-state index in [1.54, 1.807) is 34.9 Å². The van der Waals surface area contributed by atoms with Crippen molar-refractivity contribution in [2.75, 3.05) is 6.54 Å². The zero-order valence-corrected chi connectivity index (χ0v) is 17.4. The first-order valence-corrected chi connectivity index (χ1v) is 10.5. The molecule has 0 unspecified atom stereocenters. The van der Waals surface area contributed by atoms with E-state index >= 15 is 0 Å². The molecule has 1 amide bonds. The Bertz CT molecular complexity index is 1380. The van der Waals surface area contributed by atoms with Crippen molar-refractivity contribution in [3.8, 4) is 0 Å². The second kappa shape index (κ2) is 6.91. The summed E-state index contributed by atoms with van der Waals surface area (Å²) < 4.78 is 4.95. The highest BCUT2D eigenvalue weighted by Crippen LogP contribution is 2.36. The van der Waals surface area contributed by atoms with E-state index in [-0.39, 0.29) is 18.5 Å². The lowest BCUT2D eigenvalue weighted by Gasteiger charge is -2.23. The van der Waals surface area contributed by atoms with Gasteiger partial charge in [-0.2, -0.15) is 0 Å². The molecule has 3 aromatic heterocycles. The van der Waals surface area contributed by atoms with Gasteiger partial charge in [0.2, 0.25) is 5.91 Å². The summed E-state index contributed by atoms with van der Waals surface area (Å²) in [4.78, 5) is 49.4. The maximum absolute atomic E-state index is 13.2. The fourth-order valence-electron chi connectivity index (χ4n) is 4.12. The fourth-order valence-corrected chi connectivity index (χ4v) is 5.23. The van der Waals surface area contributed by atoms with Gasteiger partial charge in [0.25, 0.3) is 5.56 Å². The number of aryl methyl sites for hydroxylation is 2. The number of nitrogens with zero attached hydrogens (tertiary/aromatic N) is 6. The van der Waals surface area contributed by atoms with E-state index in [0.29, 0.717) is 17.7 Å². The largest absolute Gasteiger partial charge is 0.332 e. The summed E-state index contributed by atoms with van der Waals surface area (Å²) >= 11 is 1.58. The van der Waals surface area contributed by atoms with Gasteiger partial charge in [-0.3, -0.25) is 14.2 Å². The van der Waals surface area contributed by atoms with E-state index in [1.165, 1.54) is 10.9 Å². The minimum absolute atomic E-state index is 0.130. The number of likely N-dealkylation sites (tertiary alicyclic amines) is 1. The van der Waals surface area contributed by atoms with Gasteiger partial charge in [0.05, 0.1) is 22.6 Å². The van der Waals surface area contributed by atoms with Crippen molar-refractivity contribution >= 4 is 38.6 Å². The number of imidazole rings is 1. The molecule has 5 rings (SSSR count). The highest BCUT2D eigenvalue weighted by Gasteiger charge is 2.33. The van der Waals surface area contributed by atoms with Crippen LogP contribution in [0.2, 0.25) is 0 Å². The Morgan fingerprint density at radius 1 is 1.23 bits per heavy atom. The van der Waals surface area contributed by atoms with Crippen molar-refractivity contribution in [3.05, 3.63) is 56.4 Å². The van der Waals surface area contributed by atoms with Crippen LogP contribution in [0, 0.1) is 0 Å². The fraction of sp³-hybridized carbons (Fsp3) is 0.350. The van der Waals surface area contributed by atoms with Crippen molar-refractivity contribution in [2.24, 2.45) is 14.1 Å². The van der Waals surface area contributed by atoms with Crippen molar-refractivity contribution in [3.63, 3.8) is 0 Å². The Labute approximate surface area is 174 Å². The molecule has 0 spiro atoms. The second-order valence-corrected chi connectivity index (χ2v) is 8.59. The topological polar surface area (TPSA) is 95.0 Å². The van der Waals surface area contributed by atoms with E-state index in [0.717, 1.165) is 32.6 Å². The number of amides is 1. The number of hydrogen-bond acceptors (Lipinski definition) is 6. The summed E-state index contributed by atoms with van der Waals surface area (Å²) in [5.74, 6) is -0.252. The summed E-state index contributed by atoms with van der Waals surface area (Å²) in [5, 5.41) is 0.893. The maximum atomic E-state index is 13.2. The molecule has 1 aliphatic rings. The van der Waals surface area contributed by atoms with Crippen molar-refractivity contribution in [2.45, 2.75) is 25.4 Å². The van der Waals surface area contributed by atoms with Crippen LogP contribution in [-0.4, -0.2) is 41.0 Å². The third-order valence-corrected chi connectivity index (χ3v) is 6.80. The van der Waals surface area contributed by atoms with Crippen LogP contribution in [0.4, 0.5) is 0 Å². The Kier molecular flexibility index (Phi) is 4.31. The summed E-state index contributed by atoms with van der Waals surface area (Å²) in [5.41, 5.74) is 0.481. The third-order valence-electron chi connectivity index (χ3n) is 5.66. The van der Waals surface area contributed by atoms with Gasteiger partial charge in [-0.05, 0) is 25.0 Å². The lowest BCUT2D eigenvalue weighted by molar-refractivity contribution is -0.132. The van der Waals surface area contributed by atoms with Gasteiger partial charge in [-0.25, -0.2) is 19.3 Å². The van der Waals surface area contributed by atoms with Crippen LogP contribution >= 0.6 is 11.3 Å². The first-order chi connectivity index (χ1) is 14.5. The van der Waals surface area contributed by atoms with Gasteiger partial charge < -0.3 is 9.47 Å². The molecule has 1 atom stereocenters. The number of thiazole rings is 1. The third kappa shape index (κ3) is 2.78. The lowest BCUT2D eigenvalue weighted by Crippen LogP contribution is -2.44. The number of carbonyl (C=O) groups excluding carboxylic acids is 1. The zero-order valence-electron chi connectivity index (χ0n) is 16.6. The molecule has 9 nitrogen and oxygen atoms in total. The van der Waals surface area contributed by atoms with Crippen LogP contribution in [-0.2, 0) is 25.4 Å². The average Bonchev–Trinajstić information content (AvgIpc) is 3.46. The van der Waals surface area contributed by atoms with E-state index in [9.17, 15) is 14.4 Å². The monoisotopic (exact) mass is 424 g/mol. The highest BCUT2D eigenvalue weighted by molar-refractivity contribution is 7.18. The number of benzene rings is 1. The van der Waals surface area contributed by atoms with E-state index in [4.69, 9.17) is 4.98 Å². The van der Waals surface area contributed by atoms with Gasteiger partial charge in [0.15, 0.2) is 11.2 Å². The zero-order chi connectivity index (χ0) is 21.0. The Morgan fingerprint density at radius 3 is 2.83 bits per heavy atom. The van der Waals surface area contributed by atoms with E-state index < -0.39 is 11.2 Å². The molecule has 0 aliphatic carbocycles. The molecule has 154 valence electrons. The molecule has 0 bridgehead atoms. The van der Waals surface area contributed by atoms with Gasteiger partial charge in [-0.15, -0.1) is 11.3 Å². The predicted molar refractivity (Wildman–Crippen MR) is 114 cm³/mol. The standard InChI is InChI=1S/C20H20N6O3S/c1-23-11-21-17-16(23)19(28)26(20(29)24(17)2)10-15(27)25-9-5-7-13(25)18-22-12-6-3-4-8-14(12)30-18/h3-4,6,8,11,13H,5,7,9-10H2,1-2H3/t13-/m0/s1. The molecule has 10 heteroatoms. The van der Waals surface area contributed by atoms with Crippen molar-refractivity contribution in [1.82, 2.24) is 28.6 Å². The van der Waals surface area contributed by atoms with Crippen LogP contribution in [0.3, 0.4) is 0 Å². The minimum Gasteiger partial charge on any atom is -0.332 e. The summed E-state index contributed by atoms with van der Waals surface area (Å²) in [6.45, 7) is 0.288. The number of fused-ring (bicyclic) bond motifs is 2. The highest BCUT2D eigenvalue weighted by atomic mass is 32.1. The summed E-state index contributed by atoms with van der Waals surface area (Å²) in [6, 6.07) is 7.76. The molecule has 4 aromatic rings. The van der Waals surface area contributed by atoms with E-state index in [2.05, 4.69) is 4.98 Å². The molecule has 30 heavy (non-hydrogen) atoms. The van der Waals surface area contributed by atoms with Gasteiger partial charge in [0.1, 0.15) is 11.6 Å². The Balaban J connectivity index is 1.50. The van der Waals surface area contributed by atoms with Gasteiger partial charge in [-0.1, -0.05) is 12.1 Å². The number of aromatic nitrogens is 5. The Hall–Kier alpha value is -3.27. The molecule has 1 saturated heterocycles. The van der Waals surface area contributed by atoms with Crippen LogP contribution in [0.1, 0.15) is 23.9 Å². The first-order valence-electron chi connectivity index (χ1n) is 9.71. The van der Waals surface area contributed by atoms with Gasteiger partial charge >= 0.3 is 5.69 Å². The molecule has 1 aliphatic heterocycles. The minimum atomic E-state index is -0.546. The normalized spacial score (nSPS) is 16.7. The SMILES string of the molecule is Cn1cnc2c1c(=O)n(CC(=O)N1CCC[C@H]1c1nc3ccccc3s1)c(=O)n2C. The summed E-state index contributed by atoms with van der Waals surface area (Å²) in [6.07, 6.45) is 3.17. The first kappa shape index (κ1) is 18.7. The number of para-hydroxylation sites is 1. The van der Waals surface area contributed by atoms with E-state index in [1.807, 2.05) is 24.3 Å². The van der Waals surface area contributed by atoms with Crippen molar-refractivity contribution in [1.29, 1.82) is 0 Å². The van der Waals surface area contributed by atoms with Crippen molar-refractivity contribution < 1.29 is 4.79 Å². The van der Waals surface area contributed by atoms with Gasteiger partial charge in [0, 0.05) is 20.6 Å². The molecule has 1 aromatic carbocycles. The van der Waals surface area contributed by atoms with Crippen LogP contribution < -0.4 is 11.2 Å². The van der Waals surface area contributed by atoms with Crippen LogP contribution in [0.25, 0.3) is 21.4 Å². The quantitative estimate of drug-likeness (QED) is 0.496. The maximum Gasteiger partial charge on any atom is 0.332 e. The average molecular weight is 424 g/mol. The number of hydrogen-bond donors (Lipinski definition) is 0. The lowest BCUT2D eigenvalue weighted by atomic mass is 10.2. The van der Waals surface area contributed by atoms with Crippen LogP contribution in [0.5, 0.6) is 0 Å². The predicted octanol–water partition coefficient (Wildman–Crippen LogP) is 1.41. The second-order valence-electron chi connectivity index (χ2n) is 7.53. The summed E-state index contributed by atoms with van der Waals surface area (Å²) in [7, 11) is 3.24.